The molecule has 5 rings (SSSR count). The predicted octanol–water partition coefficient (Wildman–Crippen LogP) is 3.56. The van der Waals surface area contributed by atoms with Crippen LogP contribution in [0, 0.1) is 6.92 Å². The fourth-order valence-corrected chi connectivity index (χ4v) is 4.92. The zero-order valence-corrected chi connectivity index (χ0v) is 19.6. The molecule has 1 fully saturated rings. The molecule has 2 aromatic heterocycles. The minimum Gasteiger partial charge on any atom is -0.454 e. The molecule has 3 aromatic rings. The van der Waals surface area contributed by atoms with Crippen molar-refractivity contribution in [3.05, 3.63) is 68.5 Å². The molecule has 2 aliphatic heterocycles. The second kappa shape index (κ2) is 8.53. The molecule has 0 bridgehead atoms. The summed E-state index contributed by atoms with van der Waals surface area (Å²) in [6.45, 7) is 4.90. The number of thioether (sulfide) groups is 1. The molecular weight excluding hydrogens is 460 g/mol. The average molecular weight is 481 g/mol. The van der Waals surface area contributed by atoms with Crippen molar-refractivity contribution in [3.8, 4) is 11.5 Å². The summed E-state index contributed by atoms with van der Waals surface area (Å²) in [6, 6.07) is 9.24. The largest absolute Gasteiger partial charge is 0.454 e. The standard InChI is InChI=1S/C23H20N4O4S2/c1-3-24-20-15(21(28)26-10-13(2)4-7-19(26)25-20)9-18-22(29)27(23(32)33-18)11-14-5-6-16-17(8-14)31-12-30-16/h4-10,24H,3,11-12H2,1-2H3. The molecule has 0 saturated carbocycles. The molecule has 0 radical (unpaired) electrons. The number of amides is 1. The van der Waals surface area contributed by atoms with Crippen LogP contribution in [0.5, 0.6) is 11.5 Å². The van der Waals surface area contributed by atoms with Crippen molar-refractivity contribution in [1.29, 1.82) is 0 Å². The van der Waals surface area contributed by atoms with Crippen LogP contribution in [0.25, 0.3) is 11.7 Å². The van der Waals surface area contributed by atoms with E-state index in [4.69, 9.17) is 21.7 Å². The summed E-state index contributed by atoms with van der Waals surface area (Å²) in [5.41, 5.74) is 2.41. The summed E-state index contributed by atoms with van der Waals surface area (Å²) in [5, 5.41) is 3.14. The Balaban J connectivity index is 1.50. The van der Waals surface area contributed by atoms with E-state index in [9.17, 15) is 9.59 Å². The van der Waals surface area contributed by atoms with E-state index in [2.05, 4.69) is 10.3 Å². The number of fused-ring (bicyclic) bond motifs is 2. The first-order valence-corrected chi connectivity index (χ1v) is 11.6. The predicted molar refractivity (Wildman–Crippen MR) is 132 cm³/mol. The number of thiocarbonyl (C=S) groups is 1. The molecule has 168 valence electrons. The molecule has 10 heteroatoms. The molecule has 0 spiro atoms. The van der Waals surface area contributed by atoms with Gasteiger partial charge in [-0.1, -0.05) is 36.1 Å². The maximum absolute atomic E-state index is 13.3. The first-order valence-electron chi connectivity index (χ1n) is 10.4. The van der Waals surface area contributed by atoms with Crippen molar-refractivity contribution < 1.29 is 14.3 Å². The van der Waals surface area contributed by atoms with Gasteiger partial charge >= 0.3 is 0 Å². The van der Waals surface area contributed by atoms with Gasteiger partial charge in [-0.15, -0.1) is 0 Å². The number of rotatable bonds is 5. The highest BCUT2D eigenvalue weighted by Gasteiger charge is 2.33. The van der Waals surface area contributed by atoms with Crippen LogP contribution in [-0.2, 0) is 11.3 Å². The maximum Gasteiger partial charge on any atom is 0.267 e. The Hall–Kier alpha value is -3.37. The number of nitrogens with one attached hydrogen (secondary N) is 1. The third-order valence-electron chi connectivity index (χ3n) is 5.28. The minimum atomic E-state index is -0.251. The van der Waals surface area contributed by atoms with Crippen molar-refractivity contribution in [1.82, 2.24) is 14.3 Å². The molecule has 0 aliphatic carbocycles. The van der Waals surface area contributed by atoms with Gasteiger partial charge in [-0.05, 0) is 49.2 Å². The van der Waals surface area contributed by atoms with Crippen LogP contribution in [0.1, 0.15) is 23.6 Å². The lowest BCUT2D eigenvalue weighted by Crippen LogP contribution is -2.27. The summed E-state index contributed by atoms with van der Waals surface area (Å²) in [7, 11) is 0. The second-order valence-corrected chi connectivity index (χ2v) is 9.28. The number of benzene rings is 1. The number of hydrogen-bond acceptors (Lipinski definition) is 8. The lowest BCUT2D eigenvalue weighted by Gasteiger charge is -2.14. The summed E-state index contributed by atoms with van der Waals surface area (Å²) < 4.78 is 12.7. The molecule has 1 amide bonds. The van der Waals surface area contributed by atoms with Gasteiger partial charge in [-0.25, -0.2) is 4.98 Å². The zero-order valence-electron chi connectivity index (χ0n) is 18.0. The summed E-state index contributed by atoms with van der Waals surface area (Å²) in [6.07, 6.45) is 3.32. The minimum absolute atomic E-state index is 0.186. The van der Waals surface area contributed by atoms with Crippen LogP contribution < -0.4 is 20.3 Å². The van der Waals surface area contributed by atoms with E-state index in [0.717, 1.165) is 11.1 Å². The Morgan fingerprint density at radius 1 is 1.21 bits per heavy atom. The van der Waals surface area contributed by atoms with Gasteiger partial charge in [0.15, 0.2) is 11.5 Å². The SMILES string of the molecule is CCNc1nc2ccc(C)cn2c(=O)c1C=C1SC(=S)N(Cc2ccc3c(c2)OCO3)C1=O. The molecule has 1 aromatic carbocycles. The summed E-state index contributed by atoms with van der Waals surface area (Å²) in [4.78, 5) is 33.0. The zero-order chi connectivity index (χ0) is 23.1. The first kappa shape index (κ1) is 21.5. The quantitative estimate of drug-likeness (QED) is 0.438. The van der Waals surface area contributed by atoms with E-state index >= 15 is 0 Å². The van der Waals surface area contributed by atoms with Gasteiger partial charge in [-0.3, -0.25) is 18.9 Å². The first-order chi connectivity index (χ1) is 15.9. The topological polar surface area (TPSA) is 85.2 Å². The van der Waals surface area contributed by atoms with Crippen molar-refractivity contribution in [2.45, 2.75) is 20.4 Å². The van der Waals surface area contributed by atoms with E-state index in [1.165, 1.54) is 21.1 Å². The van der Waals surface area contributed by atoms with Crippen LogP contribution in [0.2, 0.25) is 0 Å². The third kappa shape index (κ3) is 3.96. The Kier molecular flexibility index (Phi) is 5.55. The number of anilines is 1. The smallest absolute Gasteiger partial charge is 0.267 e. The number of ether oxygens (including phenoxy) is 2. The van der Waals surface area contributed by atoms with E-state index in [1.54, 1.807) is 18.3 Å². The fourth-order valence-electron chi connectivity index (χ4n) is 3.68. The molecule has 2 aliphatic rings. The molecule has 1 N–H and O–H groups in total. The Bertz CT molecular complexity index is 1400. The van der Waals surface area contributed by atoms with Gasteiger partial charge in [0.1, 0.15) is 15.8 Å². The van der Waals surface area contributed by atoms with E-state index in [1.807, 2.05) is 38.1 Å². The van der Waals surface area contributed by atoms with Gasteiger partial charge in [0, 0.05) is 12.7 Å². The van der Waals surface area contributed by atoms with Gasteiger partial charge in [-0.2, -0.15) is 0 Å². The highest BCUT2D eigenvalue weighted by Crippen LogP contribution is 2.36. The highest BCUT2D eigenvalue weighted by atomic mass is 32.2. The van der Waals surface area contributed by atoms with Gasteiger partial charge < -0.3 is 14.8 Å². The molecule has 0 atom stereocenters. The molecular formula is C23H20N4O4S2. The van der Waals surface area contributed by atoms with E-state index in [0.29, 0.717) is 50.8 Å². The fraction of sp³-hybridized carbons (Fsp3) is 0.217. The normalized spacial score (nSPS) is 16.3. The third-order valence-corrected chi connectivity index (χ3v) is 6.65. The van der Waals surface area contributed by atoms with Gasteiger partial charge in [0.25, 0.3) is 11.5 Å². The number of nitrogens with zero attached hydrogens (tertiary/aromatic N) is 3. The van der Waals surface area contributed by atoms with Crippen LogP contribution in [0.4, 0.5) is 5.82 Å². The van der Waals surface area contributed by atoms with Crippen molar-refractivity contribution in [2.24, 2.45) is 0 Å². The van der Waals surface area contributed by atoms with Crippen LogP contribution in [0.15, 0.2) is 46.2 Å². The van der Waals surface area contributed by atoms with Crippen LogP contribution in [0.3, 0.4) is 0 Å². The second-order valence-electron chi connectivity index (χ2n) is 7.60. The Morgan fingerprint density at radius 3 is 2.85 bits per heavy atom. The molecule has 8 nitrogen and oxygen atoms in total. The summed E-state index contributed by atoms with van der Waals surface area (Å²) >= 11 is 6.65. The molecule has 33 heavy (non-hydrogen) atoms. The van der Waals surface area contributed by atoms with Crippen LogP contribution >= 0.6 is 24.0 Å². The maximum atomic E-state index is 13.3. The monoisotopic (exact) mass is 480 g/mol. The van der Waals surface area contributed by atoms with E-state index < -0.39 is 0 Å². The average Bonchev–Trinajstić information content (AvgIpc) is 3.36. The number of aryl methyl sites for hydroxylation is 1. The highest BCUT2D eigenvalue weighted by molar-refractivity contribution is 8.26. The number of aromatic nitrogens is 2. The molecule has 0 unspecified atom stereocenters. The number of hydrogen-bond donors (Lipinski definition) is 1. The van der Waals surface area contributed by atoms with Crippen molar-refractivity contribution in [2.75, 3.05) is 18.7 Å². The lowest BCUT2D eigenvalue weighted by molar-refractivity contribution is -0.122. The van der Waals surface area contributed by atoms with Gasteiger partial charge in [0.05, 0.1) is 17.0 Å². The van der Waals surface area contributed by atoms with Crippen molar-refractivity contribution >= 4 is 51.7 Å². The van der Waals surface area contributed by atoms with E-state index in [-0.39, 0.29) is 18.3 Å². The van der Waals surface area contributed by atoms with Gasteiger partial charge in [0.2, 0.25) is 6.79 Å². The molecule has 4 heterocycles. The van der Waals surface area contributed by atoms with Crippen molar-refractivity contribution in [3.63, 3.8) is 0 Å². The summed E-state index contributed by atoms with van der Waals surface area (Å²) in [5.74, 6) is 1.51. The number of carbonyl (C=O) groups is 1. The Labute approximate surface area is 199 Å². The number of carbonyl (C=O) groups excluding carboxylic acids is 1. The number of pyridine rings is 1. The lowest BCUT2D eigenvalue weighted by atomic mass is 10.2. The molecule has 1 saturated heterocycles. The van der Waals surface area contributed by atoms with Crippen LogP contribution in [-0.4, -0.2) is 37.8 Å². The Morgan fingerprint density at radius 2 is 2.03 bits per heavy atom.